The van der Waals surface area contributed by atoms with E-state index in [1.165, 1.54) is 180 Å². The summed E-state index contributed by atoms with van der Waals surface area (Å²) in [5.41, 5.74) is 0. The monoisotopic (exact) mass is 703 g/mol. The minimum atomic E-state index is -4.25. The second-order valence-corrected chi connectivity index (χ2v) is 14.7. The van der Waals surface area contributed by atoms with Gasteiger partial charge in [0, 0.05) is 6.42 Å². The normalized spacial score (nSPS) is 11.2. The Morgan fingerprint density at radius 2 is 0.674 bits per heavy atom. The zero-order chi connectivity index (χ0) is 33.5. The predicted molar refractivity (Wildman–Crippen MR) is 195 cm³/mol. The van der Waals surface area contributed by atoms with E-state index >= 15 is 0 Å². The first-order valence-corrected chi connectivity index (χ1v) is 21.3. The molecule has 0 unspecified atom stereocenters. The molecule has 0 aliphatic rings. The van der Waals surface area contributed by atoms with Gasteiger partial charge in [0.25, 0.3) is 0 Å². The molecule has 0 saturated carbocycles. The van der Waals surface area contributed by atoms with Crippen molar-refractivity contribution in [3.05, 3.63) is 0 Å². The van der Waals surface area contributed by atoms with Crippen LogP contribution in [0.15, 0.2) is 0 Å². The van der Waals surface area contributed by atoms with Crippen LogP contribution >= 0.6 is 7.82 Å². The average molecular weight is 703 g/mol. The summed E-state index contributed by atoms with van der Waals surface area (Å²) in [6.45, 7) is 4.71. The maximum atomic E-state index is 10.4. The molecule has 0 aliphatic carbocycles. The third-order valence-electron chi connectivity index (χ3n) is 8.75. The predicted octanol–water partition coefficient (Wildman–Crippen LogP) is 10.6. The summed E-state index contributed by atoms with van der Waals surface area (Å²) in [7, 11) is -4.25. The van der Waals surface area contributed by atoms with Crippen molar-refractivity contribution in [2.75, 3.05) is 6.61 Å². The Morgan fingerprint density at radius 1 is 0.457 bits per heavy atom. The van der Waals surface area contributed by atoms with Crippen LogP contribution < -0.4 is 51.4 Å². The van der Waals surface area contributed by atoms with Crippen molar-refractivity contribution >= 4 is 13.8 Å². The number of hydrogen-bond acceptors (Lipinski definition) is 3. The Bertz CT molecular complexity index is 623. The summed E-state index contributed by atoms with van der Waals surface area (Å²) < 4.78 is 14.8. The molecule has 0 aromatic heterocycles. The van der Waals surface area contributed by atoms with Gasteiger partial charge in [-0.3, -0.25) is 9.32 Å². The molecule has 0 spiro atoms. The Hall–Kier alpha value is 1.22. The molecule has 0 rings (SSSR count). The fraction of sp³-hybridized carbons (Fsp3) is 0.974. The first-order chi connectivity index (χ1) is 21.8. The van der Waals surface area contributed by atoms with Crippen molar-refractivity contribution in [2.24, 2.45) is 0 Å². The Labute approximate surface area is 331 Å². The van der Waals surface area contributed by atoms with E-state index in [0.717, 1.165) is 32.1 Å². The molecule has 0 aromatic carbocycles. The third-order valence-corrected chi connectivity index (χ3v) is 9.27. The topological polar surface area (TPSA) is 104 Å². The molecule has 0 aliphatic heterocycles. The molecule has 8 heteroatoms. The summed E-state index contributed by atoms with van der Waals surface area (Å²) in [6.07, 6.45) is 43.9. The molecular formula is C38H80KO6P. The molecule has 0 amide bonds. The fourth-order valence-electron chi connectivity index (χ4n) is 5.83. The van der Waals surface area contributed by atoms with Crippen molar-refractivity contribution < 1.29 is 81.6 Å². The number of carboxylic acids is 1. The van der Waals surface area contributed by atoms with Gasteiger partial charge in [0.05, 0.1) is 6.61 Å². The molecule has 3 N–H and O–H groups in total. The molecule has 46 heavy (non-hydrogen) atoms. The summed E-state index contributed by atoms with van der Waals surface area (Å²) >= 11 is 0. The van der Waals surface area contributed by atoms with Crippen LogP contribution in [0.4, 0.5) is 0 Å². The first-order valence-electron chi connectivity index (χ1n) is 19.7. The number of rotatable bonds is 36. The van der Waals surface area contributed by atoms with E-state index < -0.39 is 13.8 Å². The molecule has 0 radical (unpaired) electrons. The summed E-state index contributed by atoms with van der Waals surface area (Å²) in [5.74, 6) is -0.651. The van der Waals surface area contributed by atoms with E-state index in [-0.39, 0.29) is 59.4 Å². The van der Waals surface area contributed by atoms with Crippen molar-refractivity contribution in [3.8, 4) is 0 Å². The number of hydrogen-bond donors (Lipinski definition) is 3. The van der Waals surface area contributed by atoms with E-state index in [1.54, 1.807) is 0 Å². The average Bonchev–Trinajstić information content (AvgIpc) is 3.00. The minimum Gasteiger partial charge on any atom is -1.00 e. The standard InChI is InChI=1S/C22H44O2.C16H35O4P.K.H/c1-2-3-4-5-6-7-8-9-10-11-12-13-14-15-16-17-18-19-20-21-22(23)24;1-2-3-4-5-6-7-8-9-10-11-12-13-14-15-16-20-21(17,18)19;;/h2-21H2,1H3,(H,23,24);2-16H2,1H3,(H2,17,18,19);;/q;;+1;-1. The molecule has 0 aromatic rings. The van der Waals surface area contributed by atoms with Crippen molar-refractivity contribution in [1.29, 1.82) is 0 Å². The van der Waals surface area contributed by atoms with E-state index in [4.69, 9.17) is 14.9 Å². The molecule has 0 fully saturated rings. The van der Waals surface area contributed by atoms with Crippen LogP contribution in [-0.4, -0.2) is 27.5 Å². The molecule has 0 heterocycles. The van der Waals surface area contributed by atoms with E-state index in [1.807, 2.05) is 0 Å². The molecule has 274 valence electrons. The number of carboxylic acid groups (broad SMARTS) is 1. The van der Waals surface area contributed by atoms with Crippen molar-refractivity contribution in [2.45, 2.75) is 232 Å². The molecule has 6 nitrogen and oxygen atoms in total. The van der Waals surface area contributed by atoms with Crippen LogP contribution in [0.3, 0.4) is 0 Å². The van der Waals surface area contributed by atoms with Gasteiger partial charge >= 0.3 is 65.2 Å². The summed E-state index contributed by atoms with van der Waals surface area (Å²) in [4.78, 5) is 27.4. The maximum absolute atomic E-state index is 10.4. The Morgan fingerprint density at radius 3 is 0.891 bits per heavy atom. The summed E-state index contributed by atoms with van der Waals surface area (Å²) in [5, 5.41) is 8.56. The smallest absolute Gasteiger partial charge is 1.00 e. The number of carbonyl (C=O) groups is 1. The largest absolute Gasteiger partial charge is 1.00 e. The number of phosphoric ester groups is 1. The van der Waals surface area contributed by atoms with Crippen LogP contribution in [0, 0.1) is 0 Å². The second-order valence-electron chi connectivity index (χ2n) is 13.4. The zero-order valence-corrected chi connectivity index (χ0v) is 35.3. The zero-order valence-electron chi connectivity index (χ0n) is 32.3. The van der Waals surface area contributed by atoms with Gasteiger partial charge in [-0.05, 0) is 12.8 Å². The van der Waals surface area contributed by atoms with Crippen molar-refractivity contribution in [3.63, 3.8) is 0 Å². The third kappa shape index (κ3) is 54.7. The van der Waals surface area contributed by atoms with E-state index in [0.29, 0.717) is 6.42 Å². The van der Waals surface area contributed by atoms with E-state index in [9.17, 15) is 9.36 Å². The molecule has 0 atom stereocenters. The SMILES string of the molecule is CCCCCCCCCCCCCCCCCCCCCC(=O)O.CCCCCCCCCCCCCCCCOP(=O)(O)O.[H-].[K+]. The maximum Gasteiger partial charge on any atom is 1.00 e. The van der Waals surface area contributed by atoms with Gasteiger partial charge in [-0.15, -0.1) is 0 Å². The number of phosphoric acid groups is 1. The van der Waals surface area contributed by atoms with Gasteiger partial charge in [0.1, 0.15) is 0 Å². The van der Waals surface area contributed by atoms with Crippen molar-refractivity contribution in [1.82, 2.24) is 0 Å². The van der Waals surface area contributed by atoms with Gasteiger partial charge in [-0.2, -0.15) is 0 Å². The molecular weight excluding hydrogens is 622 g/mol. The quantitative estimate of drug-likeness (QED) is 0.0341. The Balaban J connectivity index is -0.000000380. The van der Waals surface area contributed by atoms with Gasteiger partial charge in [0.2, 0.25) is 0 Å². The van der Waals surface area contributed by atoms with Gasteiger partial charge in [-0.25, -0.2) is 4.57 Å². The van der Waals surface area contributed by atoms with Crippen LogP contribution in [0.25, 0.3) is 0 Å². The van der Waals surface area contributed by atoms with Crippen LogP contribution in [0.2, 0.25) is 0 Å². The minimum absolute atomic E-state index is 0. The van der Waals surface area contributed by atoms with Gasteiger partial charge < -0.3 is 16.3 Å². The van der Waals surface area contributed by atoms with E-state index in [2.05, 4.69) is 18.4 Å². The second kappa shape index (κ2) is 44.2. The van der Waals surface area contributed by atoms with Crippen LogP contribution in [0.5, 0.6) is 0 Å². The van der Waals surface area contributed by atoms with Crippen LogP contribution in [-0.2, 0) is 13.9 Å². The van der Waals surface area contributed by atoms with Gasteiger partial charge in [0.15, 0.2) is 0 Å². The fourth-order valence-corrected chi connectivity index (χ4v) is 6.20. The number of unbranched alkanes of at least 4 members (excludes halogenated alkanes) is 31. The number of aliphatic carboxylic acids is 1. The van der Waals surface area contributed by atoms with Gasteiger partial charge in [-0.1, -0.05) is 213 Å². The molecule has 0 bridgehead atoms. The molecule has 0 saturated heterocycles. The van der Waals surface area contributed by atoms with Crippen LogP contribution in [0.1, 0.15) is 234 Å². The Kier molecular flexibility index (Phi) is 49.6. The summed E-state index contributed by atoms with van der Waals surface area (Å²) in [6, 6.07) is 0. The first kappa shape index (κ1) is 51.6.